The number of carbonyl (C=O) groups excluding carboxylic acids is 2. The van der Waals surface area contributed by atoms with Gasteiger partial charge in [0.05, 0.1) is 17.4 Å². The van der Waals surface area contributed by atoms with Crippen LogP contribution in [-0.2, 0) is 11.8 Å². The zero-order valence-electron chi connectivity index (χ0n) is 14.1. The molecule has 1 heterocycles. The van der Waals surface area contributed by atoms with Crippen LogP contribution in [0.25, 0.3) is 6.08 Å². The Kier molecular flexibility index (Phi) is 5.89. The first-order valence-corrected chi connectivity index (χ1v) is 7.87. The second-order valence-electron chi connectivity index (χ2n) is 5.60. The molecule has 0 saturated heterocycles. The largest absolute Gasteiger partial charge is 0.350 e. The van der Waals surface area contributed by atoms with Crippen LogP contribution in [0.2, 0.25) is 0 Å². The van der Waals surface area contributed by atoms with E-state index in [1.165, 1.54) is 6.08 Å². The number of benzene rings is 1. The zero-order valence-corrected chi connectivity index (χ0v) is 14.1. The number of aryl methyl sites for hydroxylation is 1. The number of carbonyl (C=O) groups is 2. The van der Waals surface area contributed by atoms with E-state index in [9.17, 15) is 9.59 Å². The first-order chi connectivity index (χ1) is 11.5. The van der Waals surface area contributed by atoms with Crippen LogP contribution in [0.1, 0.15) is 36.2 Å². The van der Waals surface area contributed by atoms with Crippen LogP contribution in [0.15, 0.2) is 42.7 Å². The molecule has 2 amide bonds. The van der Waals surface area contributed by atoms with Gasteiger partial charge in [-0.1, -0.05) is 19.1 Å². The summed E-state index contributed by atoms with van der Waals surface area (Å²) in [5.41, 5.74) is 1.76. The van der Waals surface area contributed by atoms with Gasteiger partial charge in [0.25, 0.3) is 5.91 Å². The molecule has 0 aliphatic rings. The van der Waals surface area contributed by atoms with Gasteiger partial charge in [0.15, 0.2) is 0 Å². The number of anilines is 1. The Morgan fingerprint density at radius 1 is 1.33 bits per heavy atom. The molecule has 2 aromatic rings. The lowest BCUT2D eigenvalue weighted by molar-refractivity contribution is -0.111. The summed E-state index contributed by atoms with van der Waals surface area (Å²) in [6.07, 6.45) is 7.40. The lowest BCUT2D eigenvalue weighted by atomic mass is 10.1. The normalized spacial score (nSPS) is 12.1. The summed E-state index contributed by atoms with van der Waals surface area (Å²) in [7, 11) is 1.81. The summed E-state index contributed by atoms with van der Waals surface area (Å²) in [6.45, 7) is 3.94. The second-order valence-corrected chi connectivity index (χ2v) is 5.60. The molecule has 0 aliphatic carbocycles. The summed E-state index contributed by atoms with van der Waals surface area (Å²) < 4.78 is 1.66. The molecular weight excluding hydrogens is 304 g/mol. The molecule has 24 heavy (non-hydrogen) atoms. The monoisotopic (exact) mass is 326 g/mol. The Hall–Kier alpha value is -2.89. The van der Waals surface area contributed by atoms with Crippen LogP contribution in [0.5, 0.6) is 0 Å². The van der Waals surface area contributed by atoms with Crippen molar-refractivity contribution in [3.8, 4) is 0 Å². The number of para-hydroxylation sites is 1. The molecule has 1 aromatic carbocycles. The maximum atomic E-state index is 12.3. The molecule has 1 atom stereocenters. The molecule has 2 N–H and O–H groups in total. The fourth-order valence-electron chi connectivity index (χ4n) is 2.07. The number of nitrogens with one attached hydrogen (secondary N) is 2. The molecule has 1 unspecified atom stereocenters. The van der Waals surface area contributed by atoms with Crippen molar-refractivity contribution in [2.24, 2.45) is 7.05 Å². The molecule has 2 rings (SSSR count). The minimum atomic E-state index is -0.303. The van der Waals surface area contributed by atoms with Gasteiger partial charge in [0.2, 0.25) is 5.91 Å². The van der Waals surface area contributed by atoms with Gasteiger partial charge in [-0.05, 0) is 31.6 Å². The predicted octanol–water partition coefficient (Wildman–Crippen LogP) is 2.60. The van der Waals surface area contributed by atoms with E-state index >= 15 is 0 Å². The molecule has 0 radical (unpaired) electrons. The fraction of sp³-hybridized carbons (Fsp3) is 0.278. The highest BCUT2D eigenvalue weighted by Crippen LogP contribution is 2.15. The van der Waals surface area contributed by atoms with Crippen LogP contribution in [0, 0.1) is 0 Å². The van der Waals surface area contributed by atoms with Crippen LogP contribution >= 0.6 is 0 Å². The van der Waals surface area contributed by atoms with Crippen molar-refractivity contribution in [3.05, 3.63) is 53.9 Å². The lowest BCUT2D eigenvalue weighted by Crippen LogP contribution is -2.32. The summed E-state index contributed by atoms with van der Waals surface area (Å²) in [5, 5.41) is 9.68. The number of aromatic nitrogens is 2. The van der Waals surface area contributed by atoms with Crippen molar-refractivity contribution >= 4 is 23.6 Å². The maximum Gasteiger partial charge on any atom is 0.253 e. The summed E-state index contributed by atoms with van der Waals surface area (Å²) in [5.74, 6) is -0.501. The molecular formula is C18H22N4O2. The zero-order chi connectivity index (χ0) is 17.5. The number of rotatable bonds is 6. The van der Waals surface area contributed by atoms with Gasteiger partial charge < -0.3 is 10.6 Å². The fourth-order valence-corrected chi connectivity index (χ4v) is 2.07. The van der Waals surface area contributed by atoms with Crippen molar-refractivity contribution < 1.29 is 9.59 Å². The average Bonchev–Trinajstić information content (AvgIpc) is 2.98. The van der Waals surface area contributed by atoms with Gasteiger partial charge in [0, 0.05) is 30.9 Å². The minimum Gasteiger partial charge on any atom is -0.350 e. The van der Waals surface area contributed by atoms with E-state index in [2.05, 4.69) is 15.7 Å². The van der Waals surface area contributed by atoms with Crippen LogP contribution in [0.3, 0.4) is 0 Å². The van der Waals surface area contributed by atoms with Gasteiger partial charge in [-0.3, -0.25) is 14.3 Å². The van der Waals surface area contributed by atoms with E-state index in [-0.39, 0.29) is 17.9 Å². The topological polar surface area (TPSA) is 76.0 Å². The summed E-state index contributed by atoms with van der Waals surface area (Å²) >= 11 is 0. The summed E-state index contributed by atoms with van der Waals surface area (Å²) in [6, 6.07) is 7.03. The Balaban J connectivity index is 2.07. The van der Waals surface area contributed by atoms with E-state index in [0.29, 0.717) is 11.3 Å². The molecule has 6 heteroatoms. The van der Waals surface area contributed by atoms with E-state index in [4.69, 9.17) is 0 Å². The van der Waals surface area contributed by atoms with Crippen molar-refractivity contribution in [1.29, 1.82) is 0 Å². The van der Waals surface area contributed by atoms with Crippen LogP contribution in [0.4, 0.5) is 5.69 Å². The van der Waals surface area contributed by atoms with Gasteiger partial charge in [-0.25, -0.2) is 0 Å². The Bertz CT molecular complexity index is 749. The Morgan fingerprint density at radius 3 is 2.75 bits per heavy atom. The first-order valence-electron chi connectivity index (χ1n) is 7.87. The van der Waals surface area contributed by atoms with Gasteiger partial charge in [-0.15, -0.1) is 0 Å². The molecule has 0 spiro atoms. The van der Waals surface area contributed by atoms with Crippen LogP contribution < -0.4 is 10.6 Å². The first kappa shape index (κ1) is 17.5. The molecule has 0 fully saturated rings. The number of hydrogen-bond donors (Lipinski definition) is 2. The van der Waals surface area contributed by atoms with Crippen molar-refractivity contribution in [2.45, 2.75) is 26.3 Å². The van der Waals surface area contributed by atoms with E-state index in [0.717, 1.165) is 12.0 Å². The lowest BCUT2D eigenvalue weighted by Gasteiger charge is -2.14. The Labute approximate surface area is 141 Å². The highest BCUT2D eigenvalue weighted by Gasteiger charge is 2.13. The summed E-state index contributed by atoms with van der Waals surface area (Å²) in [4.78, 5) is 24.4. The number of amides is 2. The molecule has 0 bridgehead atoms. The highest BCUT2D eigenvalue weighted by molar-refractivity contribution is 6.07. The van der Waals surface area contributed by atoms with Crippen molar-refractivity contribution in [2.75, 3.05) is 5.32 Å². The van der Waals surface area contributed by atoms with Gasteiger partial charge in [-0.2, -0.15) is 5.10 Å². The number of nitrogens with zero attached hydrogens (tertiary/aromatic N) is 2. The van der Waals surface area contributed by atoms with E-state index in [1.54, 1.807) is 47.4 Å². The molecule has 6 nitrogen and oxygen atoms in total. The smallest absolute Gasteiger partial charge is 0.253 e. The van der Waals surface area contributed by atoms with E-state index in [1.807, 2.05) is 20.9 Å². The third-order valence-electron chi connectivity index (χ3n) is 3.57. The molecule has 126 valence electrons. The Morgan fingerprint density at radius 2 is 2.08 bits per heavy atom. The quantitative estimate of drug-likeness (QED) is 0.801. The SMILES string of the molecule is CCC(C)NC(=O)c1ccccc1NC(=O)/C=C/c1cnn(C)c1. The minimum absolute atomic E-state index is 0.0757. The molecule has 0 saturated carbocycles. The maximum absolute atomic E-state index is 12.3. The van der Waals surface area contributed by atoms with E-state index < -0.39 is 0 Å². The molecule has 1 aromatic heterocycles. The van der Waals surface area contributed by atoms with Gasteiger partial charge >= 0.3 is 0 Å². The van der Waals surface area contributed by atoms with Crippen molar-refractivity contribution in [1.82, 2.24) is 15.1 Å². The van der Waals surface area contributed by atoms with Crippen LogP contribution in [-0.4, -0.2) is 27.6 Å². The highest BCUT2D eigenvalue weighted by atomic mass is 16.2. The molecule has 0 aliphatic heterocycles. The second kappa shape index (κ2) is 8.10. The predicted molar refractivity (Wildman–Crippen MR) is 94.5 cm³/mol. The van der Waals surface area contributed by atoms with Gasteiger partial charge in [0.1, 0.15) is 0 Å². The average molecular weight is 326 g/mol. The number of hydrogen-bond acceptors (Lipinski definition) is 3. The standard InChI is InChI=1S/C18H22N4O2/c1-4-13(2)20-18(24)15-7-5-6-8-16(15)21-17(23)10-9-14-11-19-22(3)12-14/h5-13H,4H2,1-3H3,(H,20,24)(H,21,23)/b10-9+. The van der Waals surface area contributed by atoms with Crippen molar-refractivity contribution in [3.63, 3.8) is 0 Å². The third kappa shape index (κ3) is 4.81. The third-order valence-corrected chi connectivity index (χ3v) is 3.57.